The first kappa shape index (κ1) is 29.2. The zero-order chi connectivity index (χ0) is 29.0. The Bertz CT molecular complexity index is 1350. The van der Waals surface area contributed by atoms with Crippen molar-refractivity contribution in [2.24, 2.45) is 0 Å². The highest BCUT2D eigenvalue weighted by atomic mass is 16.7. The molecule has 1 aliphatic rings. The van der Waals surface area contributed by atoms with E-state index in [1.165, 1.54) is 13.2 Å². The lowest BCUT2D eigenvalue weighted by molar-refractivity contribution is -0.111. The smallest absolute Gasteiger partial charge is 0.412 e. The van der Waals surface area contributed by atoms with Gasteiger partial charge in [0, 0.05) is 18.9 Å². The van der Waals surface area contributed by atoms with Gasteiger partial charge in [-0.2, -0.15) is 0 Å². The fourth-order valence-electron chi connectivity index (χ4n) is 4.14. The van der Waals surface area contributed by atoms with Gasteiger partial charge in [0.2, 0.25) is 12.7 Å². The molecule has 11 heteroatoms. The molecule has 216 valence electrons. The quantitative estimate of drug-likeness (QED) is 0.172. The van der Waals surface area contributed by atoms with Gasteiger partial charge < -0.3 is 39.8 Å². The van der Waals surface area contributed by atoms with Crippen LogP contribution in [0.2, 0.25) is 0 Å². The molecule has 0 saturated heterocycles. The molecule has 3 aromatic rings. The van der Waals surface area contributed by atoms with Crippen LogP contribution >= 0.6 is 0 Å². The topological polar surface area (TPSA) is 151 Å². The van der Waals surface area contributed by atoms with Crippen molar-refractivity contribution in [1.82, 2.24) is 0 Å². The van der Waals surface area contributed by atoms with E-state index in [1.54, 1.807) is 72.8 Å². The van der Waals surface area contributed by atoms with Crippen LogP contribution in [0.25, 0.3) is 0 Å². The predicted octanol–water partition coefficient (Wildman–Crippen LogP) is 4.65. The van der Waals surface area contributed by atoms with E-state index in [-0.39, 0.29) is 25.9 Å². The Morgan fingerprint density at radius 3 is 2.59 bits per heavy atom. The number of benzene rings is 3. The highest BCUT2D eigenvalue weighted by molar-refractivity contribution is 6.01. The number of anilines is 3. The molecule has 41 heavy (non-hydrogen) atoms. The summed E-state index contributed by atoms with van der Waals surface area (Å²) in [6.45, 7) is 0.174. The summed E-state index contributed by atoms with van der Waals surface area (Å²) in [6.07, 6.45) is 2.04. The van der Waals surface area contributed by atoms with Crippen molar-refractivity contribution in [3.63, 3.8) is 0 Å². The second-order valence-electron chi connectivity index (χ2n) is 8.99. The number of nitrogen functional groups attached to an aromatic ring is 1. The third kappa shape index (κ3) is 8.37. The molecule has 4 rings (SSSR count). The number of amides is 2. The van der Waals surface area contributed by atoms with E-state index in [9.17, 15) is 9.59 Å². The van der Waals surface area contributed by atoms with Crippen LogP contribution in [0, 0.1) is 0 Å². The zero-order valence-electron chi connectivity index (χ0n) is 22.6. The highest BCUT2D eigenvalue weighted by Gasteiger charge is 2.27. The van der Waals surface area contributed by atoms with E-state index < -0.39 is 18.3 Å². The molecule has 0 bridgehead atoms. The molecule has 0 unspecified atom stereocenters. The second-order valence-corrected chi connectivity index (χ2v) is 8.99. The molecule has 2 atom stereocenters. The largest absolute Gasteiger partial charge is 0.491 e. The fraction of sp³-hybridized carbons (Fsp3) is 0.267. The molecule has 3 aromatic carbocycles. The van der Waals surface area contributed by atoms with Crippen LogP contribution < -0.4 is 30.6 Å². The number of carbonyl (C=O) groups excluding carboxylic acids is 2. The summed E-state index contributed by atoms with van der Waals surface area (Å²) in [5.41, 5.74) is 8.04. The maximum Gasteiger partial charge on any atom is 0.412 e. The van der Waals surface area contributed by atoms with Crippen molar-refractivity contribution >= 4 is 29.1 Å². The molecule has 0 spiro atoms. The van der Waals surface area contributed by atoms with Gasteiger partial charge in [-0.05, 0) is 60.9 Å². The van der Waals surface area contributed by atoms with Crippen LogP contribution in [0.5, 0.6) is 17.2 Å². The predicted molar refractivity (Wildman–Crippen MR) is 153 cm³/mol. The van der Waals surface area contributed by atoms with Crippen molar-refractivity contribution in [3.05, 3.63) is 84.4 Å². The van der Waals surface area contributed by atoms with E-state index in [2.05, 4.69) is 10.6 Å². The van der Waals surface area contributed by atoms with Gasteiger partial charge in [-0.15, -0.1) is 0 Å². The molecule has 1 heterocycles. The summed E-state index contributed by atoms with van der Waals surface area (Å²) < 4.78 is 27.7. The zero-order valence-corrected chi connectivity index (χ0v) is 22.6. The van der Waals surface area contributed by atoms with Crippen molar-refractivity contribution in [2.45, 2.75) is 25.0 Å². The summed E-state index contributed by atoms with van der Waals surface area (Å²) in [4.78, 5) is 25.3. The Morgan fingerprint density at radius 1 is 1.05 bits per heavy atom. The Kier molecular flexibility index (Phi) is 10.4. The molecule has 0 radical (unpaired) electrons. The maximum atomic E-state index is 13.0. The molecule has 1 aliphatic heterocycles. The van der Waals surface area contributed by atoms with Crippen molar-refractivity contribution in [1.29, 1.82) is 0 Å². The Hall–Kier alpha value is -4.74. The molecule has 11 nitrogen and oxygen atoms in total. The third-order valence-electron chi connectivity index (χ3n) is 6.17. The Balaban J connectivity index is 1.42. The molecule has 0 aliphatic carbocycles. The van der Waals surface area contributed by atoms with Gasteiger partial charge in [-0.25, -0.2) is 4.79 Å². The van der Waals surface area contributed by atoms with Crippen LogP contribution in [0.3, 0.4) is 0 Å². The SMILES string of the molecule is CO[C@H](CC/C=C/C(=O)Nc1ccccc1N)[C@H](OC(=O)Nc1ccc2c(c1)OCO2)c1ccc(OCCO)cc1. The number of aliphatic hydroxyl groups is 1. The number of hydrogen-bond donors (Lipinski definition) is 4. The normalized spacial score (nSPS) is 13.4. The summed E-state index contributed by atoms with van der Waals surface area (Å²) in [5.74, 6) is 1.37. The Morgan fingerprint density at radius 2 is 1.83 bits per heavy atom. The number of nitrogens with one attached hydrogen (secondary N) is 2. The van der Waals surface area contributed by atoms with E-state index in [1.807, 2.05) is 0 Å². The lowest BCUT2D eigenvalue weighted by Gasteiger charge is -2.26. The van der Waals surface area contributed by atoms with Crippen LogP contribution in [0.15, 0.2) is 78.9 Å². The highest BCUT2D eigenvalue weighted by Crippen LogP contribution is 2.35. The van der Waals surface area contributed by atoms with Gasteiger partial charge in [-0.1, -0.05) is 30.3 Å². The van der Waals surface area contributed by atoms with Crippen molar-refractivity contribution in [2.75, 3.05) is 43.5 Å². The minimum Gasteiger partial charge on any atom is -0.491 e. The minimum absolute atomic E-state index is 0.108. The number of hydrogen-bond acceptors (Lipinski definition) is 9. The number of para-hydroxylation sites is 2. The maximum absolute atomic E-state index is 13.0. The molecule has 0 aromatic heterocycles. The van der Waals surface area contributed by atoms with Crippen molar-refractivity contribution < 1.29 is 38.4 Å². The van der Waals surface area contributed by atoms with Crippen LogP contribution in [-0.4, -0.2) is 50.3 Å². The monoisotopic (exact) mass is 563 g/mol. The molecule has 0 saturated carbocycles. The van der Waals surface area contributed by atoms with Crippen LogP contribution in [0.1, 0.15) is 24.5 Å². The van der Waals surface area contributed by atoms with E-state index in [0.29, 0.717) is 52.7 Å². The number of methoxy groups -OCH3 is 1. The first-order valence-corrected chi connectivity index (χ1v) is 13.0. The average Bonchev–Trinajstić information content (AvgIpc) is 3.45. The molecular formula is C30H33N3O8. The van der Waals surface area contributed by atoms with Gasteiger partial charge in [0.05, 0.1) is 24.1 Å². The van der Waals surface area contributed by atoms with Crippen LogP contribution in [-0.2, 0) is 14.3 Å². The van der Waals surface area contributed by atoms with Crippen LogP contribution in [0.4, 0.5) is 21.9 Å². The van der Waals surface area contributed by atoms with Gasteiger partial charge in [0.1, 0.15) is 12.4 Å². The molecule has 0 fully saturated rings. The van der Waals surface area contributed by atoms with Gasteiger partial charge in [0.15, 0.2) is 17.6 Å². The molecule has 2 amide bonds. The van der Waals surface area contributed by atoms with E-state index in [4.69, 9.17) is 34.5 Å². The van der Waals surface area contributed by atoms with Gasteiger partial charge in [0.25, 0.3) is 0 Å². The number of nitrogens with two attached hydrogens (primary N) is 1. The fourth-order valence-corrected chi connectivity index (χ4v) is 4.14. The summed E-state index contributed by atoms with van der Waals surface area (Å²) in [6, 6.07) is 19.0. The average molecular weight is 564 g/mol. The molecular weight excluding hydrogens is 530 g/mol. The number of fused-ring (bicyclic) bond motifs is 1. The first-order chi connectivity index (χ1) is 20.0. The van der Waals surface area contributed by atoms with Gasteiger partial charge >= 0.3 is 6.09 Å². The summed E-state index contributed by atoms with van der Waals surface area (Å²) in [5, 5.41) is 14.5. The van der Waals surface area contributed by atoms with E-state index >= 15 is 0 Å². The Labute approximate surface area is 237 Å². The number of rotatable bonds is 13. The van der Waals surface area contributed by atoms with Crippen molar-refractivity contribution in [3.8, 4) is 17.2 Å². The standard InChI is InChI=1S/C30H33N3O8/c1-37-26(8-4-5-9-28(35)33-24-7-3-2-6-23(24)31)29(20-10-13-22(14-11-20)38-17-16-34)41-30(36)32-21-12-15-25-27(18-21)40-19-39-25/h2-3,5-7,9-15,18,26,29,34H,4,8,16-17,19,31H2,1H3,(H,32,36)(H,33,35)/b9-5+/t26-,29-/m1/s1. The molecule has 5 N–H and O–H groups in total. The lowest BCUT2D eigenvalue weighted by Crippen LogP contribution is -2.28. The first-order valence-electron chi connectivity index (χ1n) is 13.0. The number of allylic oxidation sites excluding steroid dienone is 1. The second kappa shape index (κ2) is 14.6. The number of carbonyl (C=O) groups is 2. The minimum atomic E-state index is -0.785. The summed E-state index contributed by atoms with van der Waals surface area (Å²) >= 11 is 0. The third-order valence-corrected chi connectivity index (χ3v) is 6.17. The lowest BCUT2D eigenvalue weighted by atomic mass is 10.00. The summed E-state index contributed by atoms with van der Waals surface area (Å²) in [7, 11) is 1.53. The number of ether oxygens (including phenoxy) is 5. The van der Waals surface area contributed by atoms with Gasteiger partial charge in [-0.3, -0.25) is 10.1 Å². The van der Waals surface area contributed by atoms with E-state index in [0.717, 1.165) is 0 Å². The number of aliphatic hydroxyl groups excluding tert-OH is 1.